The lowest BCUT2D eigenvalue weighted by atomic mass is 10.1. The van der Waals surface area contributed by atoms with Gasteiger partial charge in [0.2, 0.25) is 0 Å². The summed E-state index contributed by atoms with van der Waals surface area (Å²) in [7, 11) is 1.57. The molecule has 1 atom stereocenters. The zero-order valence-electron chi connectivity index (χ0n) is 6.05. The van der Waals surface area contributed by atoms with E-state index in [0.717, 1.165) is 12.0 Å². The molecule has 2 heteroatoms. The van der Waals surface area contributed by atoms with E-state index >= 15 is 0 Å². The first-order valence-corrected chi connectivity index (χ1v) is 3.07. The summed E-state index contributed by atoms with van der Waals surface area (Å²) in [5.74, 6) is 0. The van der Waals surface area contributed by atoms with E-state index in [4.69, 9.17) is 9.84 Å². The Hall–Kier alpha value is -0.340. The number of aliphatic hydroxyl groups excluding tert-OH is 1. The van der Waals surface area contributed by atoms with Crippen LogP contribution in [0.1, 0.15) is 13.3 Å². The summed E-state index contributed by atoms with van der Waals surface area (Å²) < 4.78 is 4.90. The van der Waals surface area contributed by atoms with Crippen LogP contribution in [0, 0.1) is 0 Å². The molecule has 0 saturated heterocycles. The predicted molar refractivity (Wildman–Crippen MR) is 37.3 cm³/mol. The van der Waals surface area contributed by atoms with E-state index in [9.17, 15) is 0 Å². The van der Waals surface area contributed by atoms with E-state index in [1.165, 1.54) is 0 Å². The van der Waals surface area contributed by atoms with Crippen LogP contribution in [0.2, 0.25) is 0 Å². The maximum atomic E-state index is 8.64. The molecule has 1 unspecified atom stereocenters. The topological polar surface area (TPSA) is 29.5 Å². The van der Waals surface area contributed by atoms with Crippen molar-refractivity contribution < 1.29 is 9.84 Å². The largest absolute Gasteiger partial charge is 0.393 e. The van der Waals surface area contributed by atoms with Crippen molar-refractivity contribution in [3.63, 3.8) is 0 Å². The lowest BCUT2D eigenvalue weighted by Gasteiger charge is -2.12. The Balaban J connectivity index is 3.64. The molecule has 0 amide bonds. The molecule has 0 aromatic heterocycles. The van der Waals surface area contributed by atoms with Gasteiger partial charge in [0.15, 0.2) is 0 Å². The SMILES string of the molecule is C=C(CC)C(CO)OC. The Morgan fingerprint density at radius 3 is 2.44 bits per heavy atom. The molecule has 0 radical (unpaired) electrons. The predicted octanol–water partition coefficient (Wildman–Crippen LogP) is 0.960. The second-order valence-electron chi connectivity index (χ2n) is 1.92. The summed E-state index contributed by atoms with van der Waals surface area (Å²) in [6.07, 6.45) is 0.689. The first-order valence-electron chi connectivity index (χ1n) is 3.07. The van der Waals surface area contributed by atoms with Gasteiger partial charge in [-0.1, -0.05) is 13.5 Å². The third kappa shape index (κ3) is 2.63. The zero-order valence-corrected chi connectivity index (χ0v) is 6.05. The molecule has 0 bridgehead atoms. The molecule has 54 valence electrons. The fourth-order valence-electron chi connectivity index (χ4n) is 0.598. The molecule has 0 aliphatic heterocycles. The highest BCUT2D eigenvalue weighted by Gasteiger charge is 2.06. The average molecular weight is 130 g/mol. The second kappa shape index (κ2) is 4.53. The van der Waals surface area contributed by atoms with Crippen molar-refractivity contribution in [2.24, 2.45) is 0 Å². The third-order valence-corrected chi connectivity index (χ3v) is 1.36. The van der Waals surface area contributed by atoms with Gasteiger partial charge in [-0.15, -0.1) is 0 Å². The van der Waals surface area contributed by atoms with Gasteiger partial charge >= 0.3 is 0 Å². The summed E-state index contributed by atoms with van der Waals surface area (Å²) in [4.78, 5) is 0. The van der Waals surface area contributed by atoms with E-state index in [0.29, 0.717) is 0 Å². The van der Waals surface area contributed by atoms with E-state index in [1.54, 1.807) is 7.11 Å². The Labute approximate surface area is 56.1 Å². The van der Waals surface area contributed by atoms with Crippen molar-refractivity contribution in [2.75, 3.05) is 13.7 Å². The molecule has 0 spiro atoms. The summed E-state index contributed by atoms with van der Waals surface area (Å²) in [6, 6.07) is 0. The number of ether oxygens (including phenoxy) is 1. The van der Waals surface area contributed by atoms with Gasteiger partial charge in [0.25, 0.3) is 0 Å². The highest BCUT2D eigenvalue weighted by molar-refractivity contribution is 5.00. The quantitative estimate of drug-likeness (QED) is 0.574. The van der Waals surface area contributed by atoms with Crippen molar-refractivity contribution in [3.8, 4) is 0 Å². The molecule has 0 aromatic carbocycles. The molecule has 2 nitrogen and oxygen atoms in total. The highest BCUT2D eigenvalue weighted by Crippen LogP contribution is 2.05. The number of methoxy groups -OCH3 is 1. The van der Waals surface area contributed by atoms with Crippen LogP contribution in [0.3, 0.4) is 0 Å². The number of hydrogen-bond acceptors (Lipinski definition) is 2. The lowest BCUT2D eigenvalue weighted by Crippen LogP contribution is -2.17. The van der Waals surface area contributed by atoms with Crippen LogP contribution in [-0.4, -0.2) is 24.9 Å². The van der Waals surface area contributed by atoms with Gasteiger partial charge in [0, 0.05) is 7.11 Å². The smallest absolute Gasteiger partial charge is 0.101 e. The number of hydrogen-bond donors (Lipinski definition) is 1. The molecular formula is C7H14O2. The van der Waals surface area contributed by atoms with E-state index in [2.05, 4.69) is 6.58 Å². The first kappa shape index (κ1) is 8.66. The lowest BCUT2D eigenvalue weighted by molar-refractivity contribution is 0.0725. The highest BCUT2D eigenvalue weighted by atomic mass is 16.5. The number of rotatable bonds is 4. The monoisotopic (exact) mass is 130 g/mol. The van der Waals surface area contributed by atoms with Gasteiger partial charge in [-0.25, -0.2) is 0 Å². The minimum absolute atomic E-state index is 0.0309. The van der Waals surface area contributed by atoms with Crippen LogP contribution >= 0.6 is 0 Å². The summed E-state index contributed by atoms with van der Waals surface area (Å²) >= 11 is 0. The second-order valence-corrected chi connectivity index (χ2v) is 1.92. The number of aliphatic hydroxyl groups is 1. The Morgan fingerprint density at radius 2 is 2.33 bits per heavy atom. The summed E-state index contributed by atoms with van der Waals surface area (Å²) in [5.41, 5.74) is 0.944. The molecule has 0 aromatic rings. The fourth-order valence-corrected chi connectivity index (χ4v) is 0.598. The zero-order chi connectivity index (χ0) is 7.28. The van der Waals surface area contributed by atoms with Crippen molar-refractivity contribution in [1.29, 1.82) is 0 Å². The minimum Gasteiger partial charge on any atom is -0.393 e. The van der Waals surface area contributed by atoms with Crippen molar-refractivity contribution in [1.82, 2.24) is 0 Å². The Kier molecular flexibility index (Phi) is 4.36. The van der Waals surface area contributed by atoms with Crippen LogP contribution in [0.5, 0.6) is 0 Å². The molecule has 9 heavy (non-hydrogen) atoms. The fraction of sp³-hybridized carbons (Fsp3) is 0.714. The van der Waals surface area contributed by atoms with Gasteiger partial charge in [-0.2, -0.15) is 0 Å². The van der Waals surface area contributed by atoms with E-state index in [-0.39, 0.29) is 12.7 Å². The average Bonchev–Trinajstić information content (AvgIpc) is 1.90. The molecule has 0 heterocycles. The van der Waals surface area contributed by atoms with Gasteiger partial charge in [-0.3, -0.25) is 0 Å². The molecule has 0 saturated carbocycles. The van der Waals surface area contributed by atoms with Crippen molar-refractivity contribution in [3.05, 3.63) is 12.2 Å². The van der Waals surface area contributed by atoms with Crippen LogP contribution in [0.4, 0.5) is 0 Å². The molecule has 0 fully saturated rings. The molecular weight excluding hydrogens is 116 g/mol. The molecule has 0 rings (SSSR count). The van der Waals surface area contributed by atoms with Gasteiger partial charge in [0.1, 0.15) is 6.10 Å². The maximum Gasteiger partial charge on any atom is 0.101 e. The van der Waals surface area contributed by atoms with E-state index < -0.39 is 0 Å². The van der Waals surface area contributed by atoms with Crippen LogP contribution in [-0.2, 0) is 4.74 Å². The third-order valence-electron chi connectivity index (χ3n) is 1.36. The molecule has 1 N–H and O–H groups in total. The first-order chi connectivity index (χ1) is 4.26. The van der Waals surface area contributed by atoms with Gasteiger partial charge in [-0.05, 0) is 12.0 Å². The van der Waals surface area contributed by atoms with Gasteiger partial charge < -0.3 is 9.84 Å². The molecule has 0 aliphatic carbocycles. The summed E-state index contributed by atoms with van der Waals surface area (Å²) in [5, 5.41) is 8.64. The normalized spacial score (nSPS) is 13.2. The standard InChI is InChI=1S/C7H14O2/c1-4-6(2)7(5-8)9-3/h7-8H,2,4-5H2,1,3H3. The maximum absolute atomic E-state index is 8.64. The summed E-state index contributed by atoms with van der Waals surface area (Å²) in [6.45, 7) is 5.75. The van der Waals surface area contributed by atoms with Gasteiger partial charge in [0.05, 0.1) is 6.61 Å². The Bertz CT molecular complexity index is 84.9. The van der Waals surface area contributed by atoms with Crippen molar-refractivity contribution >= 4 is 0 Å². The van der Waals surface area contributed by atoms with E-state index in [1.807, 2.05) is 6.92 Å². The van der Waals surface area contributed by atoms with Crippen LogP contribution in [0.15, 0.2) is 12.2 Å². The van der Waals surface area contributed by atoms with Crippen molar-refractivity contribution in [2.45, 2.75) is 19.4 Å². The molecule has 0 aliphatic rings. The minimum atomic E-state index is -0.171. The van der Waals surface area contributed by atoms with Crippen LogP contribution < -0.4 is 0 Å². The van der Waals surface area contributed by atoms with Crippen LogP contribution in [0.25, 0.3) is 0 Å². The Morgan fingerprint density at radius 1 is 1.78 bits per heavy atom.